The van der Waals surface area contributed by atoms with Crippen LogP contribution in [0.1, 0.15) is 35.3 Å². The van der Waals surface area contributed by atoms with Crippen molar-refractivity contribution in [1.29, 1.82) is 0 Å². The molecule has 2 N–H and O–H groups in total. The first-order chi connectivity index (χ1) is 14.3. The summed E-state index contributed by atoms with van der Waals surface area (Å²) in [6.07, 6.45) is -0.145. The van der Waals surface area contributed by atoms with E-state index >= 15 is 0 Å². The van der Waals surface area contributed by atoms with Crippen LogP contribution in [0.4, 0.5) is 0 Å². The molecule has 0 heterocycles. The summed E-state index contributed by atoms with van der Waals surface area (Å²) in [6.45, 7) is 3.62. The van der Waals surface area contributed by atoms with Crippen molar-refractivity contribution in [2.24, 2.45) is 0 Å². The molecular formula is C25H24O5. The molecule has 3 aromatic rings. The quantitative estimate of drug-likeness (QED) is 0.552. The van der Waals surface area contributed by atoms with E-state index in [0.717, 1.165) is 11.1 Å². The molecule has 0 saturated heterocycles. The Bertz CT molecular complexity index is 1020. The molecule has 0 spiro atoms. The standard InChI is InChI=1S/C25H24O5/c1-17(2)30-25(24(28)29,20-8-4-3-5-9-20)16-18-12-14-19(15-13-18)21-10-6-7-11-22(21)23(26)27/h3-15,17H,16H2,1-2H3,(H,26,27)(H,28,29). The van der Waals surface area contributed by atoms with Crippen LogP contribution in [0.3, 0.4) is 0 Å². The molecule has 5 heteroatoms. The molecule has 0 bridgehead atoms. The van der Waals surface area contributed by atoms with Crippen LogP contribution in [-0.4, -0.2) is 28.3 Å². The van der Waals surface area contributed by atoms with E-state index in [9.17, 15) is 19.8 Å². The number of hydrogen-bond donors (Lipinski definition) is 2. The fourth-order valence-electron chi connectivity index (χ4n) is 3.58. The second kappa shape index (κ2) is 8.93. The SMILES string of the molecule is CC(C)OC(Cc1ccc(-c2ccccc2C(=O)O)cc1)(C(=O)O)c1ccccc1. The summed E-state index contributed by atoms with van der Waals surface area (Å²) in [5.41, 5.74) is 1.42. The Kier molecular flexibility index (Phi) is 6.33. The zero-order valence-electron chi connectivity index (χ0n) is 16.9. The van der Waals surface area contributed by atoms with Gasteiger partial charge in [0.05, 0.1) is 11.7 Å². The second-order valence-electron chi connectivity index (χ2n) is 7.39. The Morgan fingerprint density at radius 3 is 2.03 bits per heavy atom. The topological polar surface area (TPSA) is 83.8 Å². The second-order valence-corrected chi connectivity index (χ2v) is 7.39. The lowest BCUT2D eigenvalue weighted by atomic mass is 9.86. The Morgan fingerprint density at radius 1 is 0.867 bits per heavy atom. The minimum absolute atomic E-state index is 0.144. The highest BCUT2D eigenvalue weighted by Crippen LogP contribution is 2.33. The summed E-state index contributed by atoms with van der Waals surface area (Å²) in [4.78, 5) is 23.9. The van der Waals surface area contributed by atoms with Gasteiger partial charge in [-0.05, 0) is 42.2 Å². The van der Waals surface area contributed by atoms with Gasteiger partial charge in [0.15, 0.2) is 5.60 Å². The smallest absolute Gasteiger partial charge is 0.341 e. The lowest BCUT2D eigenvalue weighted by Gasteiger charge is -2.32. The molecule has 154 valence electrons. The van der Waals surface area contributed by atoms with Gasteiger partial charge in [0.25, 0.3) is 0 Å². The third-order valence-electron chi connectivity index (χ3n) is 4.90. The molecule has 3 aromatic carbocycles. The van der Waals surface area contributed by atoms with Gasteiger partial charge >= 0.3 is 11.9 Å². The van der Waals surface area contributed by atoms with Crippen molar-refractivity contribution >= 4 is 11.9 Å². The highest BCUT2D eigenvalue weighted by molar-refractivity contribution is 5.96. The fraction of sp³-hybridized carbons (Fsp3) is 0.200. The van der Waals surface area contributed by atoms with Gasteiger partial charge in [-0.3, -0.25) is 0 Å². The number of hydrogen-bond acceptors (Lipinski definition) is 3. The van der Waals surface area contributed by atoms with Gasteiger partial charge in [0, 0.05) is 6.42 Å². The van der Waals surface area contributed by atoms with E-state index in [0.29, 0.717) is 11.1 Å². The van der Waals surface area contributed by atoms with E-state index < -0.39 is 17.5 Å². The summed E-state index contributed by atoms with van der Waals surface area (Å²) in [5.74, 6) is -2.04. The Labute approximate surface area is 175 Å². The predicted octanol–water partition coefficient (Wildman–Crippen LogP) is 5.00. The lowest BCUT2D eigenvalue weighted by Crippen LogP contribution is -2.42. The molecule has 1 atom stereocenters. The molecule has 0 radical (unpaired) electrons. The van der Waals surface area contributed by atoms with Crippen molar-refractivity contribution in [2.75, 3.05) is 0 Å². The Balaban J connectivity index is 1.99. The van der Waals surface area contributed by atoms with Crippen molar-refractivity contribution in [2.45, 2.75) is 32.0 Å². The zero-order valence-corrected chi connectivity index (χ0v) is 16.9. The van der Waals surface area contributed by atoms with Gasteiger partial charge in [-0.1, -0.05) is 72.8 Å². The minimum atomic E-state index is -1.52. The fourth-order valence-corrected chi connectivity index (χ4v) is 3.58. The van der Waals surface area contributed by atoms with E-state index in [-0.39, 0.29) is 18.1 Å². The van der Waals surface area contributed by atoms with Gasteiger partial charge in [-0.15, -0.1) is 0 Å². The van der Waals surface area contributed by atoms with E-state index in [2.05, 4.69) is 0 Å². The molecular weight excluding hydrogens is 380 g/mol. The minimum Gasteiger partial charge on any atom is -0.479 e. The van der Waals surface area contributed by atoms with Crippen LogP contribution in [0.25, 0.3) is 11.1 Å². The number of aromatic carboxylic acids is 1. The van der Waals surface area contributed by atoms with Gasteiger partial charge in [-0.25, -0.2) is 9.59 Å². The summed E-state index contributed by atoms with van der Waals surface area (Å²) in [7, 11) is 0. The normalized spacial score (nSPS) is 13.0. The third kappa shape index (κ3) is 4.42. The number of carboxylic acid groups (broad SMARTS) is 2. The summed E-state index contributed by atoms with van der Waals surface area (Å²) < 4.78 is 5.98. The van der Waals surface area contributed by atoms with E-state index in [4.69, 9.17) is 4.74 Å². The van der Waals surface area contributed by atoms with E-state index in [1.165, 1.54) is 0 Å². The molecule has 0 amide bonds. The average Bonchev–Trinajstić information content (AvgIpc) is 2.74. The van der Waals surface area contributed by atoms with Crippen LogP contribution in [0.2, 0.25) is 0 Å². The lowest BCUT2D eigenvalue weighted by molar-refractivity contribution is -0.174. The van der Waals surface area contributed by atoms with Crippen LogP contribution in [0.5, 0.6) is 0 Å². The third-order valence-corrected chi connectivity index (χ3v) is 4.90. The van der Waals surface area contributed by atoms with Crippen molar-refractivity contribution in [3.63, 3.8) is 0 Å². The number of carboxylic acids is 2. The average molecular weight is 404 g/mol. The predicted molar refractivity (Wildman–Crippen MR) is 115 cm³/mol. The maximum Gasteiger partial charge on any atom is 0.341 e. The number of rotatable bonds is 8. The molecule has 3 rings (SSSR count). The highest BCUT2D eigenvalue weighted by Gasteiger charge is 2.42. The van der Waals surface area contributed by atoms with E-state index in [1.54, 1.807) is 48.5 Å². The molecule has 30 heavy (non-hydrogen) atoms. The Morgan fingerprint density at radius 2 is 1.47 bits per heavy atom. The molecule has 0 aromatic heterocycles. The first-order valence-corrected chi connectivity index (χ1v) is 9.72. The Hall–Kier alpha value is -3.44. The van der Waals surface area contributed by atoms with Crippen molar-refractivity contribution < 1.29 is 24.5 Å². The molecule has 0 fully saturated rings. The maximum atomic E-state index is 12.4. The van der Waals surface area contributed by atoms with Gasteiger partial charge in [0.1, 0.15) is 0 Å². The summed E-state index contributed by atoms with van der Waals surface area (Å²) in [6, 6.07) is 23.0. The van der Waals surface area contributed by atoms with Crippen LogP contribution in [0.15, 0.2) is 78.9 Å². The summed E-state index contributed by atoms with van der Waals surface area (Å²) >= 11 is 0. The van der Waals surface area contributed by atoms with Crippen molar-refractivity contribution in [3.8, 4) is 11.1 Å². The van der Waals surface area contributed by atoms with Crippen LogP contribution < -0.4 is 0 Å². The monoisotopic (exact) mass is 404 g/mol. The van der Waals surface area contributed by atoms with Crippen LogP contribution >= 0.6 is 0 Å². The van der Waals surface area contributed by atoms with E-state index in [1.807, 2.05) is 44.2 Å². The maximum absolute atomic E-state index is 12.4. The number of carbonyl (C=O) groups is 2. The number of ether oxygens (including phenoxy) is 1. The summed E-state index contributed by atoms with van der Waals surface area (Å²) in [5, 5.41) is 19.6. The molecule has 0 aliphatic carbocycles. The van der Waals surface area contributed by atoms with Gasteiger partial charge in [-0.2, -0.15) is 0 Å². The van der Waals surface area contributed by atoms with Gasteiger partial charge in [0.2, 0.25) is 0 Å². The molecule has 1 unspecified atom stereocenters. The van der Waals surface area contributed by atoms with Crippen molar-refractivity contribution in [3.05, 3.63) is 95.6 Å². The number of benzene rings is 3. The van der Waals surface area contributed by atoms with Crippen LogP contribution in [0, 0.1) is 0 Å². The largest absolute Gasteiger partial charge is 0.479 e. The zero-order chi connectivity index (χ0) is 21.7. The molecule has 5 nitrogen and oxygen atoms in total. The first kappa shape index (κ1) is 21.3. The first-order valence-electron chi connectivity index (χ1n) is 9.72. The van der Waals surface area contributed by atoms with Crippen molar-refractivity contribution in [1.82, 2.24) is 0 Å². The van der Waals surface area contributed by atoms with Crippen LogP contribution in [-0.2, 0) is 21.6 Å². The highest BCUT2D eigenvalue weighted by atomic mass is 16.5. The molecule has 0 aliphatic heterocycles. The van der Waals surface area contributed by atoms with Gasteiger partial charge < -0.3 is 14.9 Å². The molecule has 0 saturated carbocycles. The molecule has 0 aliphatic rings. The number of aliphatic carboxylic acids is 1.